The van der Waals surface area contributed by atoms with Crippen LogP contribution in [0.15, 0.2) is 52.9 Å². The number of hydrogen-bond donors (Lipinski definition) is 1. The predicted molar refractivity (Wildman–Crippen MR) is 129 cm³/mol. The van der Waals surface area contributed by atoms with Gasteiger partial charge in [0, 0.05) is 10.9 Å². The van der Waals surface area contributed by atoms with Crippen molar-refractivity contribution in [2.75, 3.05) is 26.6 Å². The fourth-order valence-electron chi connectivity index (χ4n) is 3.56. The van der Waals surface area contributed by atoms with Gasteiger partial charge in [-0.3, -0.25) is 14.2 Å². The van der Waals surface area contributed by atoms with Crippen molar-refractivity contribution in [2.45, 2.75) is 13.5 Å². The molecule has 2 aromatic heterocycles. The lowest BCUT2D eigenvalue weighted by atomic mass is 10.1. The van der Waals surface area contributed by atoms with Crippen molar-refractivity contribution in [3.8, 4) is 28.4 Å². The summed E-state index contributed by atoms with van der Waals surface area (Å²) in [6.45, 7) is 1.74. The van der Waals surface area contributed by atoms with E-state index in [9.17, 15) is 9.59 Å². The van der Waals surface area contributed by atoms with Crippen LogP contribution in [0.4, 0.5) is 5.69 Å². The number of aromatic nitrogens is 2. The van der Waals surface area contributed by atoms with E-state index in [4.69, 9.17) is 14.2 Å². The van der Waals surface area contributed by atoms with Gasteiger partial charge in [-0.1, -0.05) is 12.1 Å². The van der Waals surface area contributed by atoms with Crippen molar-refractivity contribution in [3.05, 3.63) is 64.0 Å². The summed E-state index contributed by atoms with van der Waals surface area (Å²) in [5.74, 6) is 1.35. The Labute approximate surface area is 194 Å². The van der Waals surface area contributed by atoms with Crippen molar-refractivity contribution >= 4 is 33.1 Å². The molecule has 0 spiro atoms. The van der Waals surface area contributed by atoms with Crippen LogP contribution in [0, 0.1) is 6.92 Å². The quantitative estimate of drug-likeness (QED) is 0.442. The van der Waals surface area contributed by atoms with Crippen molar-refractivity contribution < 1.29 is 19.0 Å². The number of anilines is 1. The van der Waals surface area contributed by atoms with E-state index >= 15 is 0 Å². The van der Waals surface area contributed by atoms with Gasteiger partial charge >= 0.3 is 0 Å². The number of hydrogen-bond acceptors (Lipinski definition) is 7. The molecule has 2 heterocycles. The number of benzene rings is 2. The van der Waals surface area contributed by atoms with Gasteiger partial charge in [-0.05, 0) is 42.3 Å². The minimum Gasteiger partial charge on any atom is -0.495 e. The van der Waals surface area contributed by atoms with Gasteiger partial charge in [0.05, 0.1) is 38.7 Å². The summed E-state index contributed by atoms with van der Waals surface area (Å²) >= 11 is 1.37. The SMILES string of the molecule is COc1ccc(C)cc1NC(=O)Cn1cnc2scc(-c3ccc(OC)c(OC)c3)c2c1=O. The highest BCUT2D eigenvalue weighted by atomic mass is 32.1. The van der Waals surface area contributed by atoms with E-state index in [2.05, 4.69) is 10.3 Å². The maximum absolute atomic E-state index is 13.3. The average Bonchev–Trinajstić information content (AvgIpc) is 3.25. The molecule has 0 aliphatic rings. The number of amides is 1. The van der Waals surface area contributed by atoms with Crippen LogP contribution >= 0.6 is 11.3 Å². The van der Waals surface area contributed by atoms with E-state index in [0.717, 1.165) is 16.7 Å². The second-order valence-corrected chi connectivity index (χ2v) is 8.19. The molecule has 0 aliphatic heterocycles. The maximum Gasteiger partial charge on any atom is 0.263 e. The highest BCUT2D eigenvalue weighted by Gasteiger charge is 2.17. The van der Waals surface area contributed by atoms with Gasteiger partial charge in [0.25, 0.3) is 5.56 Å². The third-order valence-corrected chi connectivity index (χ3v) is 6.08. The van der Waals surface area contributed by atoms with Crippen molar-refractivity contribution in [1.82, 2.24) is 9.55 Å². The molecule has 0 atom stereocenters. The molecular formula is C24H23N3O5S. The molecule has 1 N–H and O–H groups in total. The zero-order chi connectivity index (χ0) is 23.5. The molecule has 4 aromatic rings. The lowest BCUT2D eigenvalue weighted by Gasteiger charge is -2.12. The Morgan fingerprint density at radius 1 is 1.03 bits per heavy atom. The molecule has 0 aliphatic carbocycles. The van der Waals surface area contributed by atoms with Crippen LogP contribution in [0.1, 0.15) is 5.56 Å². The molecule has 4 rings (SSSR count). The van der Waals surface area contributed by atoms with Gasteiger partial charge in [0.15, 0.2) is 11.5 Å². The Balaban J connectivity index is 1.67. The largest absolute Gasteiger partial charge is 0.495 e. The highest BCUT2D eigenvalue weighted by molar-refractivity contribution is 7.17. The lowest BCUT2D eigenvalue weighted by molar-refractivity contribution is -0.116. The summed E-state index contributed by atoms with van der Waals surface area (Å²) in [5, 5.41) is 5.15. The number of nitrogens with zero attached hydrogens (tertiary/aromatic N) is 2. The molecule has 0 bridgehead atoms. The summed E-state index contributed by atoms with van der Waals surface area (Å²) < 4.78 is 17.3. The molecule has 2 aromatic carbocycles. The van der Waals surface area contributed by atoms with E-state index in [1.54, 1.807) is 26.4 Å². The molecule has 0 radical (unpaired) electrons. The van der Waals surface area contributed by atoms with Crippen LogP contribution in [-0.4, -0.2) is 36.8 Å². The monoisotopic (exact) mass is 465 g/mol. The zero-order valence-electron chi connectivity index (χ0n) is 18.7. The molecule has 170 valence electrons. The minimum atomic E-state index is -0.356. The van der Waals surface area contributed by atoms with Gasteiger partial charge in [-0.2, -0.15) is 0 Å². The number of aryl methyl sites for hydroxylation is 1. The Morgan fingerprint density at radius 3 is 2.48 bits per heavy atom. The number of thiophene rings is 1. The predicted octanol–water partition coefficient (Wildman–Crippen LogP) is 4.10. The van der Waals surface area contributed by atoms with Gasteiger partial charge in [0.2, 0.25) is 5.91 Å². The number of carbonyl (C=O) groups excluding carboxylic acids is 1. The second-order valence-electron chi connectivity index (χ2n) is 7.33. The van der Waals surface area contributed by atoms with Crippen LogP contribution in [0.2, 0.25) is 0 Å². The number of methoxy groups -OCH3 is 3. The molecule has 0 unspecified atom stereocenters. The fourth-order valence-corrected chi connectivity index (χ4v) is 4.47. The van der Waals surface area contributed by atoms with Gasteiger partial charge < -0.3 is 19.5 Å². The van der Waals surface area contributed by atoms with Crippen LogP contribution in [-0.2, 0) is 11.3 Å². The first kappa shape index (κ1) is 22.3. The number of nitrogens with one attached hydrogen (secondary N) is 1. The average molecular weight is 466 g/mol. The van der Waals surface area contributed by atoms with Crippen molar-refractivity contribution in [1.29, 1.82) is 0 Å². The van der Waals surface area contributed by atoms with Crippen molar-refractivity contribution in [3.63, 3.8) is 0 Å². The molecule has 33 heavy (non-hydrogen) atoms. The topological polar surface area (TPSA) is 91.7 Å². The molecule has 8 nitrogen and oxygen atoms in total. The molecule has 0 saturated heterocycles. The van der Waals surface area contributed by atoms with E-state index in [1.807, 2.05) is 36.6 Å². The maximum atomic E-state index is 13.3. The summed E-state index contributed by atoms with van der Waals surface area (Å²) in [5.41, 5.74) is 2.75. The van der Waals surface area contributed by atoms with Crippen LogP contribution in [0.5, 0.6) is 17.2 Å². The molecular weight excluding hydrogens is 442 g/mol. The Hall–Kier alpha value is -3.85. The summed E-state index contributed by atoms with van der Waals surface area (Å²) in [6, 6.07) is 10.9. The van der Waals surface area contributed by atoms with Crippen molar-refractivity contribution in [2.24, 2.45) is 0 Å². The minimum absolute atomic E-state index is 0.180. The first-order chi connectivity index (χ1) is 15.9. The first-order valence-corrected chi connectivity index (χ1v) is 11.0. The number of fused-ring (bicyclic) bond motifs is 1. The Bertz CT molecular complexity index is 1390. The molecule has 0 fully saturated rings. The standard InChI is InChI=1S/C24H23N3O5S/c1-14-5-7-18(30-2)17(9-14)26-21(28)11-27-13-25-23-22(24(27)29)16(12-33-23)15-6-8-19(31-3)20(10-15)32-4/h5-10,12-13H,11H2,1-4H3,(H,26,28). The molecule has 0 saturated carbocycles. The number of carbonyl (C=O) groups is 1. The highest BCUT2D eigenvalue weighted by Crippen LogP contribution is 2.36. The van der Waals surface area contributed by atoms with E-state index in [1.165, 1.54) is 29.3 Å². The van der Waals surface area contributed by atoms with Crippen LogP contribution < -0.4 is 25.1 Å². The fraction of sp³-hybridized carbons (Fsp3) is 0.208. The second kappa shape index (κ2) is 9.33. The van der Waals surface area contributed by atoms with E-state index < -0.39 is 0 Å². The Morgan fingerprint density at radius 2 is 1.76 bits per heavy atom. The van der Waals surface area contributed by atoms with Gasteiger partial charge in [0.1, 0.15) is 17.1 Å². The zero-order valence-corrected chi connectivity index (χ0v) is 19.5. The molecule has 1 amide bonds. The third kappa shape index (κ3) is 4.40. The Kier molecular flexibility index (Phi) is 6.32. The number of rotatable bonds is 7. The van der Waals surface area contributed by atoms with Gasteiger partial charge in [-0.25, -0.2) is 4.98 Å². The first-order valence-electron chi connectivity index (χ1n) is 10.1. The smallest absolute Gasteiger partial charge is 0.263 e. The van der Waals surface area contributed by atoms with Crippen LogP contribution in [0.25, 0.3) is 21.3 Å². The van der Waals surface area contributed by atoms with Gasteiger partial charge in [-0.15, -0.1) is 11.3 Å². The van der Waals surface area contributed by atoms with Crippen LogP contribution in [0.3, 0.4) is 0 Å². The summed E-state index contributed by atoms with van der Waals surface area (Å²) in [4.78, 5) is 31.0. The summed E-state index contributed by atoms with van der Waals surface area (Å²) in [7, 11) is 4.66. The number of ether oxygens (including phenoxy) is 3. The lowest BCUT2D eigenvalue weighted by Crippen LogP contribution is -2.28. The summed E-state index contributed by atoms with van der Waals surface area (Å²) in [6.07, 6.45) is 1.40. The third-order valence-electron chi connectivity index (χ3n) is 5.20. The normalized spacial score (nSPS) is 10.8. The molecule has 9 heteroatoms. The van der Waals surface area contributed by atoms with E-state index in [-0.39, 0.29) is 18.0 Å². The van der Waals surface area contributed by atoms with E-state index in [0.29, 0.717) is 33.2 Å².